The first-order valence-corrected chi connectivity index (χ1v) is 60.1. The number of aryl methyl sites for hydroxylation is 16. The highest BCUT2D eigenvalue weighted by molar-refractivity contribution is 7.18. The Morgan fingerprint density at radius 2 is 0.493 bits per heavy atom. The van der Waals surface area contributed by atoms with Crippen LogP contribution in [-0.4, -0.2) is 52.5 Å². The van der Waals surface area contributed by atoms with Crippen LogP contribution in [0.2, 0.25) is 0 Å². The quantitative estimate of drug-likeness (QED) is 0.0585. The van der Waals surface area contributed by atoms with Crippen molar-refractivity contribution in [1.82, 2.24) is 52.5 Å². The maximum atomic E-state index is 5.85. The second-order valence-electron chi connectivity index (χ2n) is 37.3. The van der Waals surface area contributed by atoms with E-state index in [1.54, 1.807) is 22.7 Å². The van der Waals surface area contributed by atoms with Gasteiger partial charge in [0.2, 0.25) is 0 Å². The summed E-state index contributed by atoms with van der Waals surface area (Å²) in [5, 5.41) is 0. The molecule has 0 bridgehead atoms. The molecule has 8 aromatic carbocycles. The number of fused-ring (bicyclic) bond motifs is 6. The van der Waals surface area contributed by atoms with Gasteiger partial charge in [-0.2, -0.15) is 52.5 Å². The molecule has 24 rings (SSSR count). The fourth-order valence-electron chi connectivity index (χ4n) is 18.8. The van der Waals surface area contributed by atoms with Gasteiger partial charge in [0, 0.05) is 145 Å². The smallest absolute Gasteiger partial charge is 0.136 e. The Balaban J connectivity index is 0.000000111. The maximum absolute atomic E-state index is 5.85. The maximum Gasteiger partial charge on any atom is 0.136 e. The van der Waals surface area contributed by atoms with E-state index in [1.807, 2.05) is 106 Å². The first-order valence-electron chi connectivity index (χ1n) is 49.1. The van der Waals surface area contributed by atoms with Gasteiger partial charge < -0.3 is 8.83 Å². The molecular formula is C118H112N12O2S14. The van der Waals surface area contributed by atoms with E-state index < -0.39 is 0 Å². The highest BCUT2D eigenvalue weighted by Gasteiger charge is 2.28. The second-order valence-corrected chi connectivity index (χ2v) is 50.8. The van der Waals surface area contributed by atoms with E-state index in [2.05, 4.69) is 338 Å². The molecule has 28 heteroatoms. The number of aromatic nitrogens is 12. The third-order valence-electron chi connectivity index (χ3n) is 26.7. The lowest BCUT2D eigenvalue weighted by Gasteiger charge is -2.13. The minimum atomic E-state index is 0.836. The number of rotatable bonds is 22. The molecule has 0 fully saturated rings. The molecule has 0 aliphatic carbocycles. The lowest BCUT2D eigenvalue weighted by Crippen LogP contribution is -1.94. The van der Waals surface area contributed by atoms with Crippen LogP contribution >= 0.6 is 161 Å². The number of furan rings is 2. The van der Waals surface area contributed by atoms with Crippen molar-refractivity contribution >= 4 is 227 Å². The summed E-state index contributed by atoms with van der Waals surface area (Å²) in [6.45, 7) is 43.0. The number of benzene rings is 8. The Labute approximate surface area is 910 Å². The molecule has 16 aromatic heterocycles. The average molecular weight is 2180 g/mol. The third-order valence-corrected chi connectivity index (χ3v) is 38.3. The van der Waals surface area contributed by atoms with E-state index >= 15 is 0 Å². The summed E-state index contributed by atoms with van der Waals surface area (Å²) >= 11 is 22.5. The van der Waals surface area contributed by atoms with Crippen LogP contribution in [0.15, 0.2) is 203 Å². The number of unbranched alkanes of at least 4 members (excludes halogenated alkanes) is 6. The minimum Gasteiger partial charge on any atom is -0.461 e. The highest BCUT2D eigenvalue weighted by atomic mass is 32.2. The Morgan fingerprint density at radius 3 is 0.836 bits per heavy atom. The molecule has 0 spiro atoms. The topological polar surface area (TPSA) is 181 Å². The second kappa shape index (κ2) is 45.9. The predicted molar refractivity (Wildman–Crippen MR) is 638 cm³/mol. The van der Waals surface area contributed by atoms with Crippen LogP contribution in [0.4, 0.5) is 0 Å². The van der Waals surface area contributed by atoms with E-state index in [0.717, 1.165) is 117 Å². The van der Waals surface area contributed by atoms with E-state index in [-0.39, 0.29) is 0 Å². The van der Waals surface area contributed by atoms with Crippen molar-refractivity contribution in [2.45, 2.75) is 203 Å². The van der Waals surface area contributed by atoms with Crippen LogP contribution in [0.1, 0.15) is 171 Å². The van der Waals surface area contributed by atoms with Gasteiger partial charge in [-0.25, -0.2) is 0 Å². The summed E-state index contributed by atoms with van der Waals surface area (Å²) in [6, 6.07) is 69.5. The average Bonchev–Trinajstić information content (AvgIpc) is 1.56. The van der Waals surface area contributed by atoms with Gasteiger partial charge in [-0.3, -0.25) is 0 Å². The van der Waals surface area contributed by atoms with E-state index in [1.165, 1.54) is 318 Å². The first kappa shape index (κ1) is 103. The first-order chi connectivity index (χ1) is 70.7. The van der Waals surface area contributed by atoms with E-state index in [9.17, 15) is 0 Å². The Bertz CT molecular complexity index is 8260. The predicted octanol–water partition coefficient (Wildman–Crippen LogP) is 39.6. The molecule has 0 saturated carbocycles. The normalized spacial score (nSPS) is 11.4. The zero-order chi connectivity index (χ0) is 102. The summed E-state index contributed by atoms with van der Waals surface area (Å²) in [5.74, 6) is 3.45. The Hall–Kier alpha value is -11.2. The Morgan fingerprint density at radius 1 is 0.212 bits per heavy atom. The summed E-state index contributed by atoms with van der Waals surface area (Å²) in [5.41, 5.74) is 41.6. The van der Waals surface area contributed by atoms with Crippen molar-refractivity contribution in [3.05, 3.63) is 300 Å². The number of hydrogen-bond acceptors (Lipinski definition) is 28. The molecule has 0 amide bonds. The Kier molecular flexibility index (Phi) is 32.5. The zero-order valence-electron chi connectivity index (χ0n) is 85.4. The molecule has 14 nitrogen and oxygen atoms in total. The summed E-state index contributed by atoms with van der Waals surface area (Å²) in [4.78, 5) is 21.1. The van der Waals surface area contributed by atoms with Crippen LogP contribution in [0.25, 0.3) is 195 Å². The monoisotopic (exact) mass is 2180 g/mol. The van der Waals surface area contributed by atoms with Crippen molar-refractivity contribution in [3.8, 4) is 128 Å². The van der Waals surface area contributed by atoms with Crippen LogP contribution in [0, 0.1) is 125 Å². The molecule has 146 heavy (non-hydrogen) atoms. The molecule has 0 N–H and O–H groups in total. The molecule has 0 unspecified atom stereocenters. The van der Waals surface area contributed by atoms with Crippen LogP contribution in [0.5, 0.6) is 0 Å². The number of nitrogens with zero attached hydrogens (tertiary/aromatic N) is 12. The summed E-state index contributed by atoms with van der Waals surface area (Å²) in [7, 11) is 0. The molecule has 0 saturated heterocycles. The van der Waals surface area contributed by atoms with Crippen molar-refractivity contribution in [2.24, 2.45) is 0 Å². The highest BCUT2D eigenvalue weighted by Crippen LogP contribution is 2.50. The van der Waals surface area contributed by atoms with Gasteiger partial charge in [-0.15, -0.1) is 90.7 Å². The van der Waals surface area contributed by atoms with Crippen molar-refractivity contribution in [3.63, 3.8) is 0 Å². The van der Waals surface area contributed by atoms with Crippen LogP contribution < -0.4 is 0 Å². The fraction of sp³-hybridized carbons (Fsp3) is 0.254. The van der Waals surface area contributed by atoms with Gasteiger partial charge in [-0.1, -0.05) is 136 Å². The van der Waals surface area contributed by atoms with Crippen molar-refractivity contribution in [2.75, 3.05) is 0 Å². The van der Waals surface area contributed by atoms with Gasteiger partial charge >= 0.3 is 0 Å². The molecular weight excluding hydrogens is 2070 g/mol. The molecule has 0 atom stereocenters. The summed E-state index contributed by atoms with van der Waals surface area (Å²) in [6.07, 6.45) is 12.9. The van der Waals surface area contributed by atoms with Gasteiger partial charge in [0.05, 0.1) is 70.4 Å². The third kappa shape index (κ3) is 22.2. The molecule has 24 aromatic rings. The standard InChI is InChI=1S/C28H36N2S3.C21H18N2S.C18H16N2O2S.C18H16N2S3.C17H14N2S3.C16H12N2S3/c1-5-7-9-11-13-21-17-25(31-19(21)3)23-15-16-24(28-27(23)29-33-30-28)26-18-22(20(4)32-26)14-12-10-8-6-2;1-13-4-8-16(9-5-13)18-12-15(3)19(21-20(18)22-24-23-21)17-10-6-14(2)7-11-17;2*1-9-5-7-13(21-9)15-11(3)12(4)16(14-8-6-10(2)22-14)18-17(15)19-23-20-18;1-9-8-12(13-6-4-10(2)20-13)16-17(19-22-18-16)15(9)14-7-5-11(3)21-14;1-9-3-7-13(19-9)11-5-6-12(14-8-4-10(2)20-14)16-15(11)17-21-18-16/h15-18H,5-14H2,1-4H3;4-12H,1-3H3;2*5-8H,1-4H3;4-8H,1-3H3;3-8H,1-2H3. The van der Waals surface area contributed by atoms with Crippen LogP contribution in [0.3, 0.4) is 0 Å². The fourth-order valence-corrected chi connectivity index (χ4v) is 30.0. The number of hydrogen-bond donors (Lipinski definition) is 0. The lowest BCUT2D eigenvalue weighted by atomic mass is 9.93. The zero-order valence-corrected chi connectivity index (χ0v) is 96.9. The minimum absolute atomic E-state index is 0.836. The molecule has 0 aliphatic heterocycles. The van der Waals surface area contributed by atoms with E-state index in [0.29, 0.717) is 0 Å². The molecule has 740 valence electrons. The van der Waals surface area contributed by atoms with Crippen LogP contribution in [-0.2, 0) is 12.8 Å². The lowest BCUT2D eigenvalue weighted by molar-refractivity contribution is 0.547. The molecule has 0 radical (unpaired) electrons. The van der Waals surface area contributed by atoms with Gasteiger partial charge in [-0.05, 0) is 327 Å². The number of thiophene rings is 8. The summed E-state index contributed by atoms with van der Waals surface area (Å²) < 4.78 is 67.0. The van der Waals surface area contributed by atoms with Gasteiger partial charge in [0.25, 0.3) is 0 Å². The molecule has 0 aliphatic rings. The van der Waals surface area contributed by atoms with Crippen molar-refractivity contribution < 1.29 is 8.83 Å². The van der Waals surface area contributed by atoms with Gasteiger partial charge in [0.15, 0.2) is 0 Å². The van der Waals surface area contributed by atoms with Gasteiger partial charge in [0.1, 0.15) is 89.2 Å². The van der Waals surface area contributed by atoms with E-state index in [4.69, 9.17) is 17.6 Å². The largest absolute Gasteiger partial charge is 0.461 e. The van der Waals surface area contributed by atoms with Crippen molar-refractivity contribution in [1.29, 1.82) is 0 Å². The molecule has 16 heterocycles. The SMILES string of the molecule is CCCCCCc1cc(-c2ccc(-c3cc(CCCCCC)c(C)s3)c3nsnc23)sc1C.Cc1ccc(-c2c(C)c(C)c(-c3ccc(C)o3)c3nsnc23)o1.Cc1ccc(-c2c(C)c(C)c(-c3ccc(C)s3)c3nsnc23)s1.Cc1ccc(-c2cc(C)c(-c3ccc(C)cc3)c3nsnc23)cc1.Cc1ccc(-c2cc(C)c(-c3ccc(C)s3)c3nsnc23)s1.Cc1ccc(-c2ccc(-c3ccc(C)s3)c3nsnc23)s1.